The van der Waals surface area contributed by atoms with Gasteiger partial charge in [0.25, 0.3) is 5.91 Å². The minimum atomic E-state index is -0.238. The number of para-hydroxylation sites is 1. The van der Waals surface area contributed by atoms with Crippen molar-refractivity contribution >= 4 is 11.6 Å². The van der Waals surface area contributed by atoms with Crippen LogP contribution >= 0.6 is 0 Å². The fourth-order valence-electron chi connectivity index (χ4n) is 1.67. The molecular formula is C13H12N4O. The van der Waals surface area contributed by atoms with E-state index in [0.717, 1.165) is 0 Å². The first-order valence-electron chi connectivity index (χ1n) is 5.38. The lowest BCUT2D eigenvalue weighted by atomic mass is 10.2. The topological polar surface area (TPSA) is 61.9 Å². The molecule has 18 heavy (non-hydrogen) atoms. The number of carbonyl (C=O) groups excluding carboxylic acids is 1. The summed E-state index contributed by atoms with van der Waals surface area (Å²) in [6, 6.07) is 9.04. The van der Waals surface area contributed by atoms with Gasteiger partial charge >= 0.3 is 0 Å². The lowest BCUT2D eigenvalue weighted by Crippen LogP contribution is -2.27. The zero-order chi connectivity index (χ0) is 13.1. The number of aryl methyl sites for hydroxylation is 1. The van der Waals surface area contributed by atoms with Gasteiger partial charge in [-0.3, -0.25) is 4.79 Å². The number of nitrogens with zero attached hydrogens (tertiary/aromatic N) is 4. The van der Waals surface area contributed by atoms with E-state index in [1.165, 1.54) is 4.90 Å². The first-order valence-corrected chi connectivity index (χ1v) is 5.38. The predicted octanol–water partition coefficient (Wildman–Crippen LogP) is 1.57. The fraction of sp³-hybridized carbons (Fsp3) is 0.154. The van der Waals surface area contributed by atoms with Gasteiger partial charge in [0.15, 0.2) is 0 Å². The van der Waals surface area contributed by atoms with Crippen LogP contribution in [0.15, 0.2) is 36.8 Å². The van der Waals surface area contributed by atoms with Crippen LogP contribution < -0.4 is 4.90 Å². The van der Waals surface area contributed by atoms with Gasteiger partial charge in [0, 0.05) is 20.3 Å². The molecule has 0 N–H and O–H groups in total. The van der Waals surface area contributed by atoms with Crippen LogP contribution in [-0.2, 0) is 7.05 Å². The maximum Gasteiger partial charge on any atom is 0.278 e. The molecule has 1 aromatic carbocycles. The van der Waals surface area contributed by atoms with Crippen LogP contribution in [0.5, 0.6) is 0 Å². The van der Waals surface area contributed by atoms with Crippen molar-refractivity contribution in [2.24, 2.45) is 7.05 Å². The number of imidazole rings is 1. The molecule has 0 bridgehead atoms. The number of hydrogen-bond donors (Lipinski definition) is 0. The lowest BCUT2D eigenvalue weighted by Gasteiger charge is -2.17. The maximum absolute atomic E-state index is 12.2. The average Bonchev–Trinajstić information content (AvgIpc) is 2.83. The molecule has 2 aromatic rings. The van der Waals surface area contributed by atoms with Gasteiger partial charge in [-0.25, -0.2) is 4.98 Å². The molecule has 0 saturated carbocycles. The molecule has 0 atom stereocenters. The minimum Gasteiger partial charge on any atom is -0.340 e. The highest BCUT2D eigenvalue weighted by molar-refractivity contribution is 6.04. The number of nitriles is 1. The van der Waals surface area contributed by atoms with Gasteiger partial charge in [-0.05, 0) is 12.1 Å². The summed E-state index contributed by atoms with van der Waals surface area (Å²) in [6.45, 7) is 0. The molecule has 0 fully saturated rings. The van der Waals surface area contributed by atoms with Crippen molar-refractivity contribution in [2.45, 2.75) is 0 Å². The van der Waals surface area contributed by atoms with E-state index in [2.05, 4.69) is 11.1 Å². The average molecular weight is 240 g/mol. The second-order valence-corrected chi connectivity index (χ2v) is 3.92. The van der Waals surface area contributed by atoms with Crippen LogP contribution in [0.1, 0.15) is 16.1 Å². The smallest absolute Gasteiger partial charge is 0.278 e. The van der Waals surface area contributed by atoms with E-state index in [9.17, 15) is 4.79 Å². The van der Waals surface area contributed by atoms with E-state index in [-0.39, 0.29) is 5.91 Å². The van der Waals surface area contributed by atoms with Gasteiger partial charge in [0.1, 0.15) is 11.8 Å². The molecule has 0 radical (unpaired) electrons. The molecular weight excluding hydrogens is 228 g/mol. The van der Waals surface area contributed by atoms with Crippen molar-refractivity contribution in [1.82, 2.24) is 9.55 Å². The molecule has 0 aliphatic heterocycles. The summed E-state index contributed by atoms with van der Waals surface area (Å²) in [6.07, 6.45) is 3.21. The normalized spacial score (nSPS) is 9.83. The summed E-state index contributed by atoms with van der Waals surface area (Å²) < 4.78 is 1.71. The standard InChI is InChI=1S/C13H12N4O/c1-16-8-11(15-9-16)13(18)17(2)12-6-4-3-5-10(12)7-14/h3-6,8-9H,1-2H3. The maximum atomic E-state index is 12.2. The largest absolute Gasteiger partial charge is 0.340 e. The van der Waals surface area contributed by atoms with E-state index in [1.54, 1.807) is 55.5 Å². The minimum absolute atomic E-state index is 0.238. The Morgan fingerprint density at radius 1 is 1.44 bits per heavy atom. The number of benzene rings is 1. The van der Waals surface area contributed by atoms with E-state index in [4.69, 9.17) is 5.26 Å². The number of rotatable bonds is 2. The molecule has 0 saturated heterocycles. The number of amides is 1. The van der Waals surface area contributed by atoms with Crippen LogP contribution in [0.4, 0.5) is 5.69 Å². The van der Waals surface area contributed by atoms with Crippen LogP contribution in [0.25, 0.3) is 0 Å². The van der Waals surface area contributed by atoms with Crippen LogP contribution in [-0.4, -0.2) is 22.5 Å². The van der Waals surface area contributed by atoms with Crippen molar-refractivity contribution in [3.05, 3.63) is 48.0 Å². The van der Waals surface area contributed by atoms with Crippen molar-refractivity contribution < 1.29 is 4.79 Å². The molecule has 2 rings (SSSR count). The highest BCUT2D eigenvalue weighted by Crippen LogP contribution is 2.19. The monoisotopic (exact) mass is 240 g/mol. The third kappa shape index (κ3) is 2.09. The summed E-state index contributed by atoms with van der Waals surface area (Å²) in [5, 5.41) is 9.02. The number of carbonyl (C=O) groups is 1. The Balaban J connectivity index is 2.34. The van der Waals surface area contributed by atoms with E-state index >= 15 is 0 Å². The molecule has 0 unspecified atom stereocenters. The van der Waals surface area contributed by atoms with Gasteiger partial charge in [0.05, 0.1) is 17.6 Å². The molecule has 90 valence electrons. The summed E-state index contributed by atoms with van der Waals surface area (Å²) >= 11 is 0. The second-order valence-electron chi connectivity index (χ2n) is 3.92. The Labute approximate surface area is 105 Å². The van der Waals surface area contributed by atoms with Gasteiger partial charge < -0.3 is 9.47 Å². The Bertz CT molecular complexity index is 624. The van der Waals surface area contributed by atoms with Crippen LogP contribution in [0, 0.1) is 11.3 Å². The summed E-state index contributed by atoms with van der Waals surface area (Å²) in [7, 11) is 3.43. The van der Waals surface area contributed by atoms with Crippen molar-refractivity contribution in [2.75, 3.05) is 11.9 Å². The SMILES string of the molecule is CN(C(=O)c1cn(C)cn1)c1ccccc1C#N. The third-order valence-electron chi connectivity index (χ3n) is 2.61. The van der Waals surface area contributed by atoms with Gasteiger partial charge in [0.2, 0.25) is 0 Å². The molecule has 5 heteroatoms. The summed E-state index contributed by atoms with van der Waals surface area (Å²) in [4.78, 5) is 17.6. The fourth-order valence-corrected chi connectivity index (χ4v) is 1.67. The van der Waals surface area contributed by atoms with Gasteiger partial charge in [-0.1, -0.05) is 12.1 Å². The molecule has 1 heterocycles. The van der Waals surface area contributed by atoms with Crippen molar-refractivity contribution in [3.8, 4) is 6.07 Å². The highest BCUT2D eigenvalue weighted by Gasteiger charge is 2.17. The number of aromatic nitrogens is 2. The zero-order valence-corrected chi connectivity index (χ0v) is 10.2. The molecule has 0 spiro atoms. The number of anilines is 1. The Kier molecular flexibility index (Phi) is 3.11. The van der Waals surface area contributed by atoms with Crippen molar-refractivity contribution in [3.63, 3.8) is 0 Å². The van der Waals surface area contributed by atoms with E-state index in [0.29, 0.717) is 16.9 Å². The first-order chi connectivity index (χ1) is 8.63. The van der Waals surface area contributed by atoms with Crippen LogP contribution in [0.3, 0.4) is 0 Å². The Hall–Kier alpha value is -2.61. The van der Waals surface area contributed by atoms with Gasteiger partial charge in [-0.2, -0.15) is 5.26 Å². The molecule has 1 aromatic heterocycles. The highest BCUT2D eigenvalue weighted by atomic mass is 16.2. The number of hydrogen-bond acceptors (Lipinski definition) is 3. The second kappa shape index (κ2) is 4.72. The third-order valence-corrected chi connectivity index (χ3v) is 2.61. The van der Waals surface area contributed by atoms with Crippen molar-refractivity contribution in [1.29, 1.82) is 5.26 Å². The lowest BCUT2D eigenvalue weighted by molar-refractivity contribution is 0.0988. The molecule has 1 amide bonds. The molecule has 0 aliphatic carbocycles. The quantitative estimate of drug-likeness (QED) is 0.800. The molecule has 5 nitrogen and oxygen atoms in total. The predicted molar refractivity (Wildman–Crippen MR) is 67.1 cm³/mol. The first kappa shape index (κ1) is 11.9. The Morgan fingerprint density at radius 3 is 2.78 bits per heavy atom. The molecule has 0 aliphatic rings. The van der Waals surface area contributed by atoms with Crippen LogP contribution in [0.2, 0.25) is 0 Å². The zero-order valence-electron chi connectivity index (χ0n) is 10.2. The summed E-state index contributed by atoms with van der Waals surface area (Å²) in [5.41, 5.74) is 1.40. The van der Waals surface area contributed by atoms with E-state index < -0.39 is 0 Å². The van der Waals surface area contributed by atoms with Gasteiger partial charge in [-0.15, -0.1) is 0 Å². The Morgan fingerprint density at radius 2 is 2.17 bits per heavy atom. The summed E-state index contributed by atoms with van der Waals surface area (Å²) in [5.74, 6) is -0.238. The van der Waals surface area contributed by atoms with E-state index in [1.807, 2.05) is 0 Å².